The fourth-order valence-corrected chi connectivity index (χ4v) is 2.86. The van der Waals surface area contributed by atoms with Gasteiger partial charge in [0.15, 0.2) is 0 Å². The molecular formula is C14H24O3. The molecule has 0 N–H and O–H groups in total. The molecule has 4 atom stereocenters. The Morgan fingerprint density at radius 2 is 1.82 bits per heavy atom. The minimum atomic E-state index is -0.170. The van der Waals surface area contributed by atoms with Gasteiger partial charge in [-0.15, -0.1) is 0 Å². The number of ether oxygens (including phenoxy) is 1. The predicted octanol–water partition coefficient (Wildman–Crippen LogP) is 2.68. The molecule has 3 nitrogen and oxygen atoms in total. The van der Waals surface area contributed by atoms with E-state index < -0.39 is 0 Å². The Hall–Kier alpha value is -0.860. The second-order valence-corrected chi connectivity index (χ2v) is 6.34. The van der Waals surface area contributed by atoms with Gasteiger partial charge in [0.2, 0.25) is 0 Å². The van der Waals surface area contributed by atoms with Crippen LogP contribution in [0.4, 0.5) is 0 Å². The SMILES string of the molecule is COC(=O)[C@H]1[C@H](C)[C@H](C)C(=O)C[C@H]1C(C)(C)C. The summed E-state index contributed by atoms with van der Waals surface area (Å²) in [7, 11) is 1.43. The first-order valence-electron chi connectivity index (χ1n) is 6.30. The Morgan fingerprint density at radius 1 is 1.29 bits per heavy atom. The molecule has 1 rings (SSSR count). The van der Waals surface area contributed by atoms with Crippen molar-refractivity contribution in [1.82, 2.24) is 0 Å². The first kappa shape index (κ1) is 14.2. The van der Waals surface area contributed by atoms with Gasteiger partial charge in [-0.3, -0.25) is 9.59 Å². The molecule has 0 aliphatic heterocycles. The Balaban J connectivity index is 3.08. The average Bonchev–Trinajstić information content (AvgIpc) is 2.23. The molecule has 3 heteroatoms. The molecule has 17 heavy (non-hydrogen) atoms. The average molecular weight is 240 g/mol. The number of esters is 1. The van der Waals surface area contributed by atoms with Gasteiger partial charge < -0.3 is 4.74 Å². The van der Waals surface area contributed by atoms with Crippen molar-refractivity contribution < 1.29 is 14.3 Å². The summed E-state index contributed by atoms with van der Waals surface area (Å²) in [5.41, 5.74) is -0.0527. The summed E-state index contributed by atoms with van der Waals surface area (Å²) in [6.45, 7) is 10.2. The zero-order valence-electron chi connectivity index (χ0n) is 11.7. The van der Waals surface area contributed by atoms with Crippen molar-refractivity contribution >= 4 is 11.8 Å². The highest BCUT2D eigenvalue weighted by atomic mass is 16.5. The van der Waals surface area contributed by atoms with Crippen LogP contribution in [0.2, 0.25) is 0 Å². The summed E-state index contributed by atoms with van der Waals surface area (Å²) in [5.74, 6) is 0.0429. The molecular weight excluding hydrogens is 216 g/mol. The van der Waals surface area contributed by atoms with Crippen LogP contribution in [-0.4, -0.2) is 18.9 Å². The van der Waals surface area contributed by atoms with E-state index in [9.17, 15) is 9.59 Å². The lowest BCUT2D eigenvalue weighted by Crippen LogP contribution is -2.47. The van der Waals surface area contributed by atoms with Crippen molar-refractivity contribution in [1.29, 1.82) is 0 Å². The largest absolute Gasteiger partial charge is 0.469 e. The van der Waals surface area contributed by atoms with E-state index in [1.165, 1.54) is 7.11 Å². The number of rotatable bonds is 1. The van der Waals surface area contributed by atoms with E-state index >= 15 is 0 Å². The number of Topliss-reactive ketones (excluding diaryl/α,β-unsaturated/α-hetero) is 1. The standard InChI is InChI=1S/C14H24O3/c1-8-9(2)12(13(16)17-6)10(7-11(8)15)14(3,4)5/h8-10,12H,7H2,1-6H3/t8-,9+,10+,12-/m0/s1. The van der Waals surface area contributed by atoms with Gasteiger partial charge in [0.25, 0.3) is 0 Å². The van der Waals surface area contributed by atoms with Crippen LogP contribution in [0.1, 0.15) is 41.0 Å². The summed E-state index contributed by atoms with van der Waals surface area (Å²) < 4.78 is 4.92. The number of carbonyl (C=O) groups is 2. The Morgan fingerprint density at radius 3 is 2.24 bits per heavy atom. The van der Waals surface area contributed by atoms with Crippen LogP contribution in [0.5, 0.6) is 0 Å². The highest BCUT2D eigenvalue weighted by molar-refractivity contribution is 5.85. The lowest BCUT2D eigenvalue weighted by molar-refractivity contribution is -0.157. The minimum absolute atomic E-state index is 0.0438. The lowest BCUT2D eigenvalue weighted by atomic mass is 9.59. The highest BCUT2D eigenvalue weighted by Gasteiger charge is 2.48. The molecule has 1 aliphatic carbocycles. The molecule has 0 unspecified atom stereocenters. The van der Waals surface area contributed by atoms with Gasteiger partial charge in [-0.2, -0.15) is 0 Å². The minimum Gasteiger partial charge on any atom is -0.469 e. The molecule has 0 heterocycles. The molecule has 0 saturated heterocycles. The van der Waals surface area contributed by atoms with E-state index in [-0.39, 0.29) is 40.8 Å². The Bertz CT molecular complexity index is 314. The molecule has 0 spiro atoms. The van der Waals surface area contributed by atoms with Crippen molar-refractivity contribution in [2.24, 2.45) is 29.1 Å². The molecule has 0 aromatic rings. The highest BCUT2D eigenvalue weighted by Crippen LogP contribution is 2.45. The lowest BCUT2D eigenvalue weighted by Gasteiger charge is -2.43. The van der Waals surface area contributed by atoms with E-state index in [4.69, 9.17) is 4.74 Å². The van der Waals surface area contributed by atoms with Gasteiger partial charge in [-0.25, -0.2) is 0 Å². The molecule has 1 saturated carbocycles. The molecule has 98 valence electrons. The predicted molar refractivity (Wildman–Crippen MR) is 66.4 cm³/mol. The van der Waals surface area contributed by atoms with Gasteiger partial charge in [0.05, 0.1) is 13.0 Å². The number of ketones is 1. The molecule has 0 radical (unpaired) electrons. The van der Waals surface area contributed by atoms with Gasteiger partial charge in [-0.05, 0) is 17.3 Å². The van der Waals surface area contributed by atoms with E-state index in [1.807, 2.05) is 13.8 Å². The summed E-state index contributed by atoms with van der Waals surface area (Å²) in [4.78, 5) is 23.9. The zero-order chi connectivity index (χ0) is 13.4. The molecule has 0 bridgehead atoms. The first-order valence-corrected chi connectivity index (χ1v) is 6.30. The maximum atomic E-state index is 12.0. The van der Waals surface area contributed by atoms with Crippen LogP contribution in [0.3, 0.4) is 0 Å². The number of hydrogen-bond donors (Lipinski definition) is 0. The van der Waals surface area contributed by atoms with Gasteiger partial charge in [0.1, 0.15) is 5.78 Å². The second kappa shape index (κ2) is 4.79. The van der Waals surface area contributed by atoms with Crippen LogP contribution in [0.15, 0.2) is 0 Å². The van der Waals surface area contributed by atoms with Crippen molar-refractivity contribution in [3.8, 4) is 0 Å². The fourth-order valence-electron chi connectivity index (χ4n) is 2.86. The second-order valence-electron chi connectivity index (χ2n) is 6.34. The van der Waals surface area contributed by atoms with Crippen LogP contribution >= 0.6 is 0 Å². The van der Waals surface area contributed by atoms with Crippen molar-refractivity contribution in [3.05, 3.63) is 0 Å². The quantitative estimate of drug-likeness (QED) is 0.662. The molecule has 0 amide bonds. The number of carbonyl (C=O) groups excluding carboxylic acids is 2. The topological polar surface area (TPSA) is 43.4 Å². The van der Waals surface area contributed by atoms with Gasteiger partial charge >= 0.3 is 5.97 Å². The molecule has 1 aliphatic rings. The first-order chi connectivity index (χ1) is 7.70. The van der Waals surface area contributed by atoms with Crippen LogP contribution in [-0.2, 0) is 14.3 Å². The summed E-state index contributed by atoms with van der Waals surface area (Å²) >= 11 is 0. The normalized spacial score (nSPS) is 34.6. The molecule has 1 fully saturated rings. The third-order valence-corrected chi connectivity index (χ3v) is 4.30. The molecule has 0 aromatic heterocycles. The van der Waals surface area contributed by atoms with E-state index in [2.05, 4.69) is 20.8 Å². The maximum Gasteiger partial charge on any atom is 0.309 e. The van der Waals surface area contributed by atoms with E-state index in [0.29, 0.717) is 6.42 Å². The van der Waals surface area contributed by atoms with Crippen LogP contribution < -0.4 is 0 Å². The smallest absolute Gasteiger partial charge is 0.309 e. The Labute approximate surface area is 104 Å². The maximum absolute atomic E-state index is 12.0. The molecule has 0 aromatic carbocycles. The van der Waals surface area contributed by atoms with Crippen LogP contribution in [0.25, 0.3) is 0 Å². The van der Waals surface area contributed by atoms with Gasteiger partial charge in [-0.1, -0.05) is 34.6 Å². The summed E-state index contributed by atoms with van der Waals surface area (Å²) in [5, 5.41) is 0. The van der Waals surface area contributed by atoms with Gasteiger partial charge in [0, 0.05) is 12.3 Å². The van der Waals surface area contributed by atoms with Crippen molar-refractivity contribution in [2.75, 3.05) is 7.11 Å². The third-order valence-electron chi connectivity index (χ3n) is 4.30. The number of methoxy groups -OCH3 is 1. The van der Waals surface area contributed by atoms with Crippen molar-refractivity contribution in [3.63, 3.8) is 0 Å². The van der Waals surface area contributed by atoms with Crippen LogP contribution in [0, 0.1) is 29.1 Å². The summed E-state index contributed by atoms with van der Waals surface area (Å²) in [6, 6.07) is 0. The van der Waals surface area contributed by atoms with Crippen molar-refractivity contribution in [2.45, 2.75) is 41.0 Å². The fraction of sp³-hybridized carbons (Fsp3) is 0.857. The summed E-state index contributed by atoms with van der Waals surface area (Å²) in [6.07, 6.45) is 0.495. The monoisotopic (exact) mass is 240 g/mol. The third kappa shape index (κ3) is 2.70. The zero-order valence-corrected chi connectivity index (χ0v) is 11.7. The van der Waals surface area contributed by atoms with E-state index in [0.717, 1.165) is 0 Å². The number of hydrogen-bond acceptors (Lipinski definition) is 3. The Kier molecular flexibility index (Phi) is 4.00. The van der Waals surface area contributed by atoms with E-state index in [1.54, 1.807) is 0 Å².